The van der Waals surface area contributed by atoms with E-state index >= 15 is 0 Å². The minimum Gasteiger partial charge on any atom is -0.349 e. The smallest absolute Gasteiger partial charge is 0.271 e. The van der Waals surface area contributed by atoms with Crippen LogP contribution in [0.1, 0.15) is 36.2 Å². The van der Waals surface area contributed by atoms with Crippen LogP contribution in [0.5, 0.6) is 0 Å². The summed E-state index contributed by atoms with van der Waals surface area (Å²) in [7, 11) is 0. The van der Waals surface area contributed by atoms with Crippen LogP contribution in [0.3, 0.4) is 0 Å². The summed E-state index contributed by atoms with van der Waals surface area (Å²) in [6.45, 7) is 3.93. The van der Waals surface area contributed by atoms with Crippen LogP contribution in [0.2, 0.25) is 0 Å². The molecule has 3 fully saturated rings. The number of hydrogen-bond donors (Lipinski definition) is 3. The average molecular weight is 468 g/mol. The number of benzene rings is 1. The number of H-pyrrole nitrogens is 1. The van der Waals surface area contributed by atoms with Crippen LogP contribution in [0, 0.1) is 11.8 Å². The van der Waals surface area contributed by atoms with E-state index in [1.807, 2.05) is 30.3 Å². The van der Waals surface area contributed by atoms with Crippen LogP contribution in [0.15, 0.2) is 41.2 Å². The number of nitrogens with one attached hydrogen (secondary N) is 3. The van der Waals surface area contributed by atoms with Gasteiger partial charge in [-0.2, -0.15) is 0 Å². The average Bonchev–Trinajstić information content (AvgIpc) is 3.16. The van der Waals surface area contributed by atoms with Gasteiger partial charge in [0.05, 0.1) is 5.69 Å². The lowest BCUT2D eigenvalue weighted by Crippen LogP contribution is -2.65. The first-order valence-electron chi connectivity index (χ1n) is 10.8. The van der Waals surface area contributed by atoms with Crippen molar-refractivity contribution < 1.29 is 4.79 Å². The fourth-order valence-corrected chi connectivity index (χ4v) is 5.62. The maximum atomic E-state index is 12.8. The molecule has 4 heterocycles. The van der Waals surface area contributed by atoms with E-state index in [0.29, 0.717) is 30.2 Å². The molecule has 3 N–H and O–H groups in total. The zero-order chi connectivity index (χ0) is 19.8. The van der Waals surface area contributed by atoms with Gasteiger partial charge in [-0.05, 0) is 62.9 Å². The molecule has 3 saturated heterocycles. The summed E-state index contributed by atoms with van der Waals surface area (Å²) in [6, 6.07) is 11.7. The Morgan fingerprint density at radius 2 is 1.87 bits per heavy atom. The van der Waals surface area contributed by atoms with Gasteiger partial charge >= 0.3 is 0 Å². The zero-order valence-corrected chi connectivity index (χ0v) is 19.1. The fraction of sp³-hybridized carbons (Fsp3) is 0.545. The molecule has 9 heteroatoms. The normalized spacial score (nSPS) is 27.4. The van der Waals surface area contributed by atoms with Gasteiger partial charge in [0.15, 0.2) is 0 Å². The third-order valence-electron chi connectivity index (χ3n) is 6.98. The summed E-state index contributed by atoms with van der Waals surface area (Å²) in [5, 5.41) is 9.66. The van der Waals surface area contributed by atoms with Gasteiger partial charge in [0.2, 0.25) is 0 Å². The minimum absolute atomic E-state index is 0. The second-order valence-corrected chi connectivity index (χ2v) is 8.67. The zero-order valence-electron chi connectivity index (χ0n) is 17.5. The van der Waals surface area contributed by atoms with Crippen molar-refractivity contribution in [3.8, 4) is 5.69 Å². The predicted molar refractivity (Wildman–Crippen MR) is 126 cm³/mol. The van der Waals surface area contributed by atoms with Gasteiger partial charge in [0.25, 0.3) is 11.5 Å². The quantitative estimate of drug-likeness (QED) is 0.643. The Bertz CT molecular complexity index is 931. The van der Waals surface area contributed by atoms with Gasteiger partial charge in [-0.3, -0.25) is 19.6 Å². The van der Waals surface area contributed by atoms with Gasteiger partial charge in [0, 0.05) is 24.7 Å². The number of halogens is 2. The summed E-state index contributed by atoms with van der Waals surface area (Å²) in [5.74, 6) is 1.12. The number of piperidine rings is 3. The van der Waals surface area contributed by atoms with Crippen molar-refractivity contribution in [2.24, 2.45) is 11.8 Å². The Morgan fingerprint density at radius 1 is 1.10 bits per heavy atom. The highest BCUT2D eigenvalue weighted by atomic mass is 35.5. The number of aromatic amines is 1. The van der Waals surface area contributed by atoms with Crippen LogP contribution in [0.4, 0.5) is 0 Å². The van der Waals surface area contributed by atoms with Crippen LogP contribution >= 0.6 is 24.8 Å². The van der Waals surface area contributed by atoms with E-state index < -0.39 is 0 Å². The molecule has 5 rings (SSSR count). The monoisotopic (exact) mass is 467 g/mol. The lowest BCUT2D eigenvalue weighted by atomic mass is 9.73. The summed E-state index contributed by atoms with van der Waals surface area (Å²) in [5.41, 5.74) is 0.804. The van der Waals surface area contributed by atoms with Gasteiger partial charge in [-0.25, -0.2) is 4.68 Å². The number of carbonyl (C=O) groups is 1. The van der Waals surface area contributed by atoms with E-state index in [0.717, 1.165) is 31.2 Å². The lowest BCUT2D eigenvalue weighted by molar-refractivity contribution is -0.0371. The van der Waals surface area contributed by atoms with Gasteiger partial charge in [-0.1, -0.05) is 24.6 Å². The maximum Gasteiger partial charge on any atom is 0.271 e. The van der Waals surface area contributed by atoms with Crippen molar-refractivity contribution in [1.82, 2.24) is 25.3 Å². The topological polar surface area (TPSA) is 82.2 Å². The number of fused-ring (bicyclic) bond motifs is 4. The Labute approximate surface area is 194 Å². The molecule has 1 aromatic heterocycles. The molecule has 2 aromatic rings. The van der Waals surface area contributed by atoms with E-state index in [-0.39, 0.29) is 36.3 Å². The SMILES string of the molecule is Cl.Cl.O=C(NC[C@H]1[C@@H]2CNC[C@@H](C2)[C@@H]2CCCCN21)c1cc(=O)n(-c2ccccc2)[nH]1. The van der Waals surface area contributed by atoms with E-state index in [1.165, 1.54) is 36.4 Å². The van der Waals surface area contributed by atoms with Gasteiger partial charge in [-0.15, -0.1) is 24.8 Å². The molecule has 3 aliphatic heterocycles. The highest BCUT2D eigenvalue weighted by Gasteiger charge is 2.45. The lowest BCUT2D eigenvalue weighted by Gasteiger charge is -2.55. The number of para-hydroxylation sites is 1. The van der Waals surface area contributed by atoms with Gasteiger partial charge < -0.3 is 10.6 Å². The number of amides is 1. The molecule has 4 atom stereocenters. The van der Waals surface area contributed by atoms with Crippen molar-refractivity contribution in [3.05, 3.63) is 52.4 Å². The van der Waals surface area contributed by atoms with Crippen molar-refractivity contribution in [3.63, 3.8) is 0 Å². The molecule has 0 saturated carbocycles. The summed E-state index contributed by atoms with van der Waals surface area (Å²) in [6.07, 6.45) is 5.10. The van der Waals surface area contributed by atoms with Crippen LogP contribution in [0.25, 0.3) is 5.69 Å². The standard InChI is InChI=1S/C22H29N5O2.2ClH/c28-21-11-18(25-27(21)17-6-2-1-3-7-17)22(29)24-14-20-16-10-15(12-23-13-16)19-8-4-5-9-26(19)20;;/h1-3,6-7,11,15-16,19-20,23,25H,4-5,8-10,12-14H2,(H,24,29);2*1H/t15-,16+,19+,20+;;/m1../s1. The van der Waals surface area contributed by atoms with E-state index in [9.17, 15) is 9.59 Å². The third kappa shape index (κ3) is 4.70. The Kier molecular flexibility index (Phi) is 7.86. The van der Waals surface area contributed by atoms with Crippen LogP contribution in [-0.2, 0) is 0 Å². The molecular formula is C22H31Cl2N5O2. The van der Waals surface area contributed by atoms with E-state index in [1.54, 1.807) is 0 Å². The number of rotatable bonds is 4. The minimum atomic E-state index is -0.227. The second-order valence-electron chi connectivity index (χ2n) is 8.67. The molecule has 0 radical (unpaired) electrons. The highest BCUT2D eigenvalue weighted by molar-refractivity contribution is 5.92. The first-order chi connectivity index (χ1) is 14.2. The largest absolute Gasteiger partial charge is 0.349 e. The molecule has 3 aliphatic rings. The molecule has 2 bridgehead atoms. The molecule has 170 valence electrons. The molecule has 0 spiro atoms. The summed E-state index contributed by atoms with van der Waals surface area (Å²) < 4.78 is 1.41. The maximum absolute atomic E-state index is 12.8. The Morgan fingerprint density at radius 3 is 2.68 bits per heavy atom. The molecular weight excluding hydrogens is 437 g/mol. The third-order valence-corrected chi connectivity index (χ3v) is 6.98. The summed E-state index contributed by atoms with van der Waals surface area (Å²) in [4.78, 5) is 27.8. The molecule has 7 nitrogen and oxygen atoms in total. The first-order valence-corrected chi connectivity index (χ1v) is 10.8. The van der Waals surface area contributed by atoms with Crippen molar-refractivity contribution in [2.75, 3.05) is 26.2 Å². The molecule has 0 unspecified atom stereocenters. The van der Waals surface area contributed by atoms with Crippen molar-refractivity contribution in [1.29, 1.82) is 0 Å². The molecule has 1 aromatic carbocycles. The predicted octanol–water partition coefficient (Wildman–Crippen LogP) is 2.20. The van der Waals surface area contributed by atoms with Gasteiger partial charge in [0.1, 0.15) is 5.69 Å². The fourth-order valence-electron chi connectivity index (χ4n) is 5.62. The Hall–Kier alpha value is -1.80. The van der Waals surface area contributed by atoms with Crippen molar-refractivity contribution in [2.45, 2.75) is 37.8 Å². The van der Waals surface area contributed by atoms with Crippen LogP contribution < -0.4 is 16.2 Å². The van der Waals surface area contributed by atoms with E-state index in [4.69, 9.17) is 0 Å². The number of aromatic nitrogens is 2. The molecule has 1 amide bonds. The molecule has 31 heavy (non-hydrogen) atoms. The Balaban J connectivity index is 0.00000136. The van der Waals surface area contributed by atoms with E-state index in [2.05, 4.69) is 20.6 Å². The first kappa shape index (κ1) is 23.9. The number of hydrogen-bond acceptors (Lipinski definition) is 4. The highest BCUT2D eigenvalue weighted by Crippen LogP contribution is 2.38. The van der Waals surface area contributed by atoms with Crippen molar-refractivity contribution >= 4 is 30.7 Å². The van der Waals surface area contributed by atoms with Crippen LogP contribution in [-0.4, -0.2) is 58.9 Å². The number of carbonyl (C=O) groups excluding carboxylic acids is 1. The summed E-state index contributed by atoms with van der Waals surface area (Å²) >= 11 is 0. The molecule has 0 aliphatic carbocycles. The number of nitrogens with zero attached hydrogens (tertiary/aromatic N) is 2. The second kappa shape index (κ2) is 10.2.